The lowest BCUT2D eigenvalue weighted by Gasteiger charge is -2.14. The van der Waals surface area contributed by atoms with Crippen molar-refractivity contribution >= 4 is 5.91 Å². The number of hydrogen-bond acceptors (Lipinski definition) is 5. The van der Waals surface area contributed by atoms with Gasteiger partial charge in [0.2, 0.25) is 0 Å². The van der Waals surface area contributed by atoms with Gasteiger partial charge in [-0.05, 0) is 30.7 Å². The summed E-state index contributed by atoms with van der Waals surface area (Å²) in [5, 5.41) is 0. The average Bonchev–Trinajstić information content (AvgIpc) is 2.66. The fraction of sp³-hybridized carbons (Fsp3) is 0.158. The standard InChI is InChI=1S/C19H15F3N4O3/c1-10-7-24-8-12(25-10)9-29-13-4-2-11(3-5-13)14-6-15(17(23)27)18(28)26-16(14)19(20,21)22/h2-8H,9H2,1H3,(H2,23,27)(H,26,28). The Kier molecular flexibility index (Phi) is 5.35. The number of halogens is 3. The predicted molar refractivity (Wildman–Crippen MR) is 97.1 cm³/mol. The molecule has 3 rings (SSSR count). The molecule has 7 nitrogen and oxygen atoms in total. The fourth-order valence-corrected chi connectivity index (χ4v) is 2.64. The van der Waals surface area contributed by atoms with E-state index in [2.05, 4.69) is 9.97 Å². The van der Waals surface area contributed by atoms with E-state index in [0.717, 1.165) is 11.8 Å². The van der Waals surface area contributed by atoms with Crippen LogP contribution in [0.4, 0.5) is 13.2 Å². The third-order valence-corrected chi connectivity index (χ3v) is 3.95. The number of rotatable bonds is 5. The summed E-state index contributed by atoms with van der Waals surface area (Å²) in [6.45, 7) is 1.92. The highest BCUT2D eigenvalue weighted by Crippen LogP contribution is 2.35. The van der Waals surface area contributed by atoms with Crippen molar-refractivity contribution in [3.63, 3.8) is 0 Å². The molecule has 0 aliphatic rings. The van der Waals surface area contributed by atoms with Gasteiger partial charge in [0.1, 0.15) is 23.6 Å². The minimum Gasteiger partial charge on any atom is -0.487 e. The first kappa shape index (κ1) is 20.1. The number of carbonyl (C=O) groups excluding carboxylic acids is 1. The maximum atomic E-state index is 13.3. The molecule has 3 aromatic rings. The molecule has 1 amide bonds. The number of H-pyrrole nitrogens is 1. The van der Waals surface area contributed by atoms with E-state index in [0.29, 0.717) is 11.4 Å². The van der Waals surface area contributed by atoms with Crippen molar-refractivity contribution in [2.24, 2.45) is 5.73 Å². The maximum absolute atomic E-state index is 13.3. The van der Waals surface area contributed by atoms with Crippen LogP contribution in [0.15, 0.2) is 47.5 Å². The first-order chi connectivity index (χ1) is 13.6. The van der Waals surface area contributed by atoms with Gasteiger partial charge in [-0.25, -0.2) is 0 Å². The second-order valence-electron chi connectivity index (χ2n) is 6.13. The van der Waals surface area contributed by atoms with Crippen LogP contribution in [-0.4, -0.2) is 20.9 Å². The lowest BCUT2D eigenvalue weighted by atomic mass is 10.0. The van der Waals surface area contributed by atoms with Gasteiger partial charge in [0.05, 0.1) is 17.6 Å². The number of primary amides is 1. The van der Waals surface area contributed by atoms with Gasteiger partial charge in [-0.1, -0.05) is 12.1 Å². The van der Waals surface area contributed by atoms with Gasteiger partial charge < -0.3 is 15.5 Å². The molecule has 0 aliphatic heterocycles. The first-order valence-corrected chi connectivity index (χ1v) is 8.30. The van der Waals surface area contributed by atoms with Gasteiger partial charge in [0, 0.05) is 11.8 Å². The Balaban J connectivity index is 1.91. The van der Waals surface area contributed by atoms with E-state index in [9.17, 15) is 22.8 Å². The quantitative estimate of drug-likeness (QED) is 0.679. The number of hydrogen-bond donors (Lipinski definition) is 2. The monoisotopic (exact) mass is 404 g/mol. The van der Waals surface area contributed by atoms with E-state index in [1.807, 2.05) is 0 Å². The maximum Gasteiger partial charge on any atom is 0.431 e. The molecular formula is C19H15F3N4O3. The van der Waals surface area contributed by atoms with Crippen LogP contribution in [0.2, 0.25) is 0 Å². The normalized spacial score (nSPS) is 11.3. The Morgan fingerprint density at radius 2 is 1.90 bits per heavy atom. The van der Waals surface area contributed by atoms with Crippen LogP contribution in [0.5, 0.6) is 5.75 Å². The van der Waals surface area contributed by atoms with Gasteiger partial charge >= 0.3 is 6.18 Å². The van der Waals surface area contributed by atoms with Gasteiger partial charge in [0.25, 0.3) is 11.5 Å². The van der Waals surface area contributed by atoms with Crippen LogP contribution in [0.3, 0.4) is 0 Å². The summed E-state index contributed by atoms with van der Waals surface area (Å²) in [5.41, 5.74) is 3.12. The second kappa shape index (κ2) is 7.74. The number of ether oxygens (including phenoxy) is 1. The van der Waals surface area contributed by atoms with Crippen molar-refractivity contribution in [2.75, 3.05) is 0 Å². The van der Waals surface area contributed by atoms with Crippen LogP contribution < -0.4 is 16.0 Å². The Hall–Kier alpha value is -3.69. The molecule has 0 unspecified atom stereocenters. The zero-order chi connectivity index (χ0) is 21.2. The SMILES string of the molecule is Cc1cncc(COc2ccc(-c3cc(C(N)=O)c(=O)[nH]c3C(F)(F)F)cc2)n1. The summed E-state index contributed by atoms with van der Waals surface area (Å²) in [4.78, 5) is 33.0. The van der Waals surface area contributed by atoms with Crippen LogP contribution in [0, 0.1) is 6.92 Å². The van der Waals surface area contributed by atoms with Crippen LogP contribution in [0.1, 0.15) is 27.4 Å². The first-order valence-electron chi connectivity index (χ1n) is 8.30. The predicted octanol–water partition coefficient (Wildman–Crippen LogP) is 2.84. The third-order valence-electron chi connectivity index (χ3n) is 3.95. The number of nitrogens with two attached hydrogens (primary N) is 1. The Morgan fingerprint density at radius 3 is 2.48 bits per heavy atom. The number of amides is 1. The molecule has 0 spiro atoms. The smallest absolute Gasteiger partial charge is 0.431 e. The van der Waals surface area contributed by atoms with Gasteiger partial charge in [0.15, 0.2) is 0 Å². The van der Waals surface area contributed by atoms with E-state index in [-0.39, 0.29) is 17.7 Å². The average molecular weight is 404 g/mol. The molecule has 0 bridgehead atoms. The third kappa shape index (κ3) is 4.60. The molecule has 2 heterocycles. The summed E-state index contributed by atoms with van der Waals surface area (Å²) in [5.74, 6) is -0.731. The number of benzene rings is 1. The number of pyridine rings is 1. The minimum absolute atomic E-state index is 0.124. The molecule has 150 valence electrons. The molecule has 0 aliphatic carbocycles. The topological polar surface area (TPSA) is 111 Å². The summed E-state index contributed by atoms with van der Waals surface area (Å²) < 4.78 is 45.6. The minimum atomic E-state index is -4.83. The van der Waals surface area contributed by atoms with E-state index >= 15 is 0 Å². The highest BCUT2D eigenvalue weighted by atomic mass is 19.4. The molecule has 0 fully saturated rings. The molecule has 1 aromatic carbocycles. The molecule has 2 aromatic heterocycles. The van der Waals surface area contributed by atoms with Crippen molar-refractivity contribution in [2.45, 2.75) is 19.7 Å². The zero-order valence-electron chi connectivity index (χ0n) is 15.1. The van der Waals surface area contributed by atoms with Crippen LogP contribution in [-0.2, 0) is 12.8 Å². The largest absolute Gasteiger partial charge is 0.487 e. The van der Waals surface area contributed by atoms with Crippen molar-refractivity contribution in [3.8, 4) is 16.9 Å². The Morgan fingerprint density at radius 1 is 1.21 bits per heavy atom. The summed E-state index contributed by atoms with van der Waals surface area (Å²) in [6, 6.07) is 6.53. The molecule has 0 atom stereocenters. The van der Waals surface area contributed by atoms with Crippen molar-refractivity contribution < 1.29 is 22.7 Å². The zero-order valence-corrected chi connectivity index (χ0v) is 15.1. The lowest BCUT2D eigenvalue weighted by molar-refractivity contribution is -0.140. The lowest BCUT2D eigenvalue weighted by Crippen LogP contribution is -2.27. The molecule has 3 N–H and O–H groups in total. The highest BCUT2D eigenvalue weighted by molar-refractivity contribution is 5.94. The highest BCUT2D eigenvalue weighted by Gasteiger charge is 2.36. The van der Waals surface area contributed by atoms with Gasteiger partial charge in [-0.3, -0.25) is 19.6 Å². The van der Waals surface area contributed by atoms with Crippen LogP contribution >= 0.6 is 0 Å². The van der Waals surface area contributed by atoms with E-state index < -0.39 is 28.9 Å². The molecule has 29 heavy (non-hydrogen) atoms. The second-order valence-corrected chi connectivity index (χ2v) is 6.13. The van der Waals surface area contributed by atoms with E-state index in [4.69, 9.17) is 10.5 Å². The molecule has 10 heteroatoms. The van der Waals surface area contributed by atoms with Crippen molar-refractivity contribution in [1.29, 1.82) is 0 Å². The molecular weight excluding hydrogens is 389 g/mol. The van der Waals surface area contributed by atoms with Crippen molar-refractivity contribution in [1.82, 2.24) is 15.0 Å². The van der Waals surface area contributed by atoms with Crippen LogP contribution in [0.25, 0.3) is 11.1 Å². The van der Waals surface area contributed by atoms with E-state index in [1.54, 1.807) is 24.3 Å². The number of nitrogens with one attached hydrogen (secondary N) is 1. The Labute approximate surface area is 162 Å². The number of alkyl halides is 3. The number of carbonyl (C=O) groups is 1. The van der Waals surface area contributed by atoms with Gasteiger partial charge in [-0.15, -0.1) is 0 Å². The number of aryl methyl sites for hydroxylation is 1. The number of aromatic amines is 1. The summed E-state index contributed by atoms with van der Waals surface area (Å²) in [7, 11) is 0. The van der Waals surface area contributed by atoms with Crippen molar-refractivity contribution in [3.05, 3.63) is 75.7 Å². The molecule has 0 saturated heterocycles. The number of nitrogens with zero attached hydrogens (tertiary/aromatic N) is 2. The van der Waals surface area contributed by atoms with E-state index in [1.165, 1.54) is 24.3 Å². The fourth-order valence-electron chi connectivity index (χ4n) is 2.64. The number of aromatic nitrogens is 3. The molecule has 0 radical (unpaired) electrons. The van der Waals surface area contributed by atoms with Gasteiger partial charge in [-0.2, -0.15) is 13.2 Å². The summed E-state index contributed by atoms with van der Waals surface area (Å²) in [6.07, 6.45) is -1.69. The molecule has 0 saturated carbocycles. The Bertz CT molecular complexity index is 1110. The summed E-state index contributed by atoms with van der Waals surface area (Å²) >= 11 is 0.